The quantitative estimate of drug-likeness (QED) is 0.116. The molecule has 4 aromatic carbocycles. The summed E-state index contributed by atoms with van der Waals surface area (Å²) >= 11 is 0. The minimum Gasteiger partial charge on any atom is -0.457 e. The lowest BCUT2D eigenvalue weighted by Crippen LogP contribution is -2.00. The molecule has 55 heavy (non-hydrogen) atoms. The Bertz CT molecular complexity index is 2430. The van der Waals surface area contributed by atoms with Crippen molar-refractivity contribution < 1.29 is 18.9 Å². The fourth-order valence-corrected chi connectivity index (χ4v) is 6.65. The molecule has 0 spiro atoms. The largest absolute Gasteiger partial charge is 0.457 e. The lowest BCUT2D eigenvalue weighted by molar-refractivity contribution is 0.447. The third-order valence-electron chi connectivity index (χ3n) is 8.88. The van der Waals surface area contributed by atoms with Gasteiger partial charge in [0.25, 0.3) is 0 Å². The van der Waals surface area contributed by atoms with Gasteiger partial charge in [-0.25, -0.2) is 19.9 Å². The SMILES string of the molecule is CC(C)Cc1ccnc(Oc2cccc(Oc3ccc4c5ccc(Oc6cccc(Oc7cc(CC(C)C)ccn7)c6)cc5n(-c5ncccn5)c4c3)c2)c1. The molecule has 274 valence electrons. The van der Waals surface area contributed by atoms with Gasteiger partial charge < -0.3 is 18.9 Å². The van der Waals surface area contributed by atoms with Crippen LogP contribution in [0, 0.1) is 11.8 Å². The van der Waals surface area contributed by atoms with E-state index in [1.54, 1.807) is 30.9 Å². The van der Waals surface area contributed by atoms with Crippen LogP contribution in [0.1, 0.15) is 38.8 Å². The van der Waals surface area contributed by atoms with Gasteiger partial charge in [0.2, 0.25) is 17.7 Å². The minimum atomic E-state index is 0.530. The fourth-order valence-electron chi connectivity index (χ4n) is 6.65. The normalized spacial score (nSPS) is 11.4. The molecule has 9 nitrogen and oxygen atoms in total. The molecule has 0 aliphatic rings. The van der Waals surface area contributed by atoms with E-state index in [0.29, 0.717) is 64.0 Å². The van der Waals surface area contributed by atoms with Crippen molar-refractivity contribution in [1.82, 2.24) is 24.5 Å². The van der Waals surface area contributed by atoms with E-state index in [1.165, 1.54) is 11.1 Å². The first kappa shape index (κ1) is 35.3. The number of aromatic nitrogens is 5. The molecule has 0 fully saturated rings. The van der Waals surface area contributed by atoms with Crippen LogP contribution in [-0.2, 0) is 12.8 Å². The van der Waals surface area contributed by atoms with E-state index in [9.17, 15) is 0 Å². The van der Waals surface area contributed by atoms with Crippen LogP contribution in [0.4, 0.5) is 0 Å². The van der Waals surface area contributed by atoms with Crippen molar-refractivity contribution in [2.75, 3.05) is 0 Å². The summed E-state index contributed by atoms with van der Waals surface area (Å²) in [5, 5.41) is 2.04. The van der Waals surface area contributed by atoms with Gasteiger partial charge in [0.15, 0.2) is 0 Å². The smallest absolute Gasteiger partial charge is 0.234 e. The number of rotatable bonds is 13. The Kier molecular flexibility index (Phi) is 10.1. The summed E-state index contributed by atoms with van der Waals surface area (Å²) in [7, 11) is 0. The monoisotopic (exact) mass is 727 g/mol. The van der Waals surface area contributed by atoms with Gasteiger partial charge in [0.05, 0.1) is 11.0 Å². The van der Waals surface area contributed by atoms with Gasteiger partial charge in [-0.1, -0.05) is 39.8 Å². The van der Waals surface area contributed by atoms with Gasteiger partial charge in [0, 0.05) is 72.0 Å². The molecule has 0 amide bonds. The Morgan fingerprint density at radius 1 is 0.436 bits per heavy atom. The van der Waals surface area contributed by atoms with E-state index in [4.69, 9.17) is 18.9 Å². The number of nitrogens with zero attached hydrogens (tertiary/aromatic N) is 5. The van der Waals surface area contributed by atoms with Crippen LogP contribution in [0.5, 0.6) is 46.3 Å². The molecule has 9 heteroatoms. The number of fused-ring (bicyclic) bond motifs is 3. The lowest BCUT2D eigenvalue weighted by Gasteiger charge is -2.11. The van der Waals surface area contributed by atoms with E-state index in [-0.39, 0.29) is 0 Å². The minimum absolute atomic E-state index is 0.530. The van der Waals surface area contributed by atoms with Crippen molar-refractivity contribution in [3.05, 3.63) is 151 Å². The summed E-state index contributed by atoms with van der Waals surface area (Å²) in [5.41, 5.74) is 4.15. The molecule has 0 aliphatic carbocycles. The van der Waals surface area contributed by atoms with E-state index in [2.05, 4.69) is 59.8 Å². The average Bonchev–Trinajstić information content (AvgIpc) is 3.48. The maximum Gasteiger partial charge on any atom is 0.234 e. The van der Waals surface area contributed by atoms with Gasteiger partial charge in [-0.05, 0) is 103 Å². The van der Waals surface area contributed by atoms with Crippen molar-refractivity contribution in [1.29, 1.82) is 0 Å². The summed E-state index contributed by atoms with van der Waals surface area (Å²) in [6.07, 6.45) is 8.96. The molecule has 8 aromatic rings. The van der Waals surface area contributed by atoms with Gasteiger partial charge >= 0.3 is 0 Å². The van der Waals surface area contributed by atoms with Crippen molar-refractivity contribution in [2.24, 2.45) is 11.8 Å². The molecule has 4 heterocycles. The van der Waals surface area contributed by atoms with E-state index in [1.807, 2.05) is 102 Å². The van der Waals surface area contributed by atoms with Crippen LogP contribution in [0.3, 0.4) is 0 Å². The molecule has 0 saturated heterocycles. The second-order valence-electron chi connectivity index (χ2n) is 14.3. The third kappa shape index (κ3) is 8.41. The maximum atomic E-state index is 6.41. The predicted molar refractivity (Wildman–Crippen MR) is 215 cm³/mol. The maximum absolute atomic E-state index is 6.41. The van der Waals surface area contributed by atoms with Crippen LogP contribution in [-0.4, -0.2) is 24.5 Å². The Balaban J connectivity index is 1.07. The zero-order valence-electron chi connectivity index (χ0n) is 31.2. The molecule has 0 unspecified atom stereocenters. The highest BCUT2D eigenvalue weighted by atomic mass is 16.5. The summed E-state index contributed by atoms with van der Waals surface area (Å²) in [5.74, 6) is 6.55. The number of hydrogen-bond donors (Lipinski definition) is 0. The first-order valence-electron chi connectivity index (χ1n) is 18.5. The first-order chi connectivity index (χ1) is 26.8. The highest BCUT2D eigenvalue weighted by Gasteiger charge is 2.17. The Labute approximate surface area is 320 Å². The molecule has 0 atom stereocenters. The zero-order chi connectivity index (χ0) is 37.7. The third-order valence-corrected chi connectivity index (χ3v) is 8.88. The van der Waals surface area contributed by atoms with Gasteiger partial charge in [-0.2, -0.15) is 0 Å². The van der Waals surface area contributed by atoms with Crippen LogP contribution in [0.25, 0.3) is 27.8 Å². The molecule has 0 saturated carbocycles. The molecule has 0 N–H and O–H groups in total. The van der Waals surface area contributed by atoms with E-state index < -0.39 is 0 Å². The summed E-state index contributed by atoms with van der Waals surface area (Å²) in [4.78, 5) is 18.1. The van der Waals surface area contributed by atoms with Crippen molar-refractivity contribution >= 4 is 21.8 Å². The van der Waals surface area contributed by atoms with Crippen molar-refractivity contribution in [2.45, 2.75) is 40.5 Å². The lowest BCUT2D eigenvalue weighted by atomic mass is 10.0. The van der Waals surface area contributed by atoms with Gasteiger partial charge in [-0.3, -0.25) is 4.57 Å². The molecular weight excluding hydrogens is 687 g/mol. The highest BCUT2D eigenvalue weighted by molar-refractivity contribution is 6.09. The second-order valence-corrected chi connectivity index (χ2v) is 14.3. The topological polar surface area (TPSA) is 93.4 Å². The number of hydrogen-bond acceptors (Lipinski definition) is 8. The fraction of sp³-hybridized carbons (Fsp3) is 0.174. The second kappa shape index (κ2) is 15.7. The molecule has 0 aliphatic heterocycles. The Hall–Kier alpha value is -6.74. The number of benzene rings is 4. The summed E-state index contributed by atoms with van der Waals surface area (Å²) < 4.78 is 27.1. The summed E-state index contributed by atoms with van der Waals surface area (Å²) in [6, 6.07) is 37.0. The summed E-state index contributed by atoms with van der Waals surface area (Å²) in [6.45, 7) is 8.79. The number of pyridine rings is 2. The molecular formula is C46H41N5O4. The number of ether oxygens (including phenoxy) is 4. The van der Waals surface area contributed by atoms with Crippen LogP contribution in [0.15, 0.2) is 140 Å². The molecule has 0 bridgehead atoms. The molecule has 8 rings (SSSR count). The van der Waals surface area contributed by atoms with E-state index in [0.717, 1.165) is 34.6 Å². The Morgan fingerprint density at radius 3 is 1.33 bits per heavy atom. The van der Waals surface area contributed by atoms with Crippen LogP contribution in [0.2, 0.25) is 0 Å². The van der Waals surface area contributed by atoms with Gasteiger partial charge in [-0.15, -0.1) is 0 Å². The first-order valence-corrected chi connectivity index (χ1v) is 18.5. The molecule has 0 radical (unpaired) electrons. The predicted octanol–water partition coefficient (Wildman–Crippen LogP) is 11.9. The van der Waals surface area contributed by atoms with Crippen LogP contribution >= 0.6 is 0 Å². The van der Waals surface area contributed by atoms with E-state index >= 15 is 0 Å². The standard InChI is InChI=1S/C46H41N5O4/c1-30(2)22-32-16-20-47-44(24-32)54-36-10-5-8-34(26-36)52-38-12-14-40-41-15-13-39(29-43(41)51(42(40)28-38)46-49-18-7-19-50-46)53-35-9-6-11-37(27-35)55-45-25-33(17-21-48-45)23-31(3)4/h5-21,24-31H,22-23H2,1-4H3. The highest BCUT2D eigenvalue weighted by Crippen LogP contribution is 2.38. The zero-order valence-corrected chi connectivity index (χ0v) is 31.2. The van der Waals surface area contributed by atoms with Gasteiger partial charge in [0.1, 0.15) is 34.5 Å². The van der Waals surface area contributed by atoms with Crippen molar-refractivity contribution in [3.8, 4) is 52.2 Å². The van der Waals surface area contributed by atoms with Crippen molar-refractivity contribution in [3.63, 3.8) is 0 Å². The Morgan fingerprint density at radius 2 is 0.873 bits per heavy atom. The van der Waals surface area contributed by atoms with Crippen LogP contribution < -0.4 is 18.9 Å². The molecule has 4 aromatic heterocycles. The average molecular weight is 728 g/mol.